The van der Waals surface area contributed by atoms with Gasteiger partial charge in [-0.1, -0.05) is 47.1 Å². The summed E-state index contributed by atoms with van der Waals surface area (Å²) in [5.74, 6) is 0.268. The summed E-state index contributed by atoms with van der Waals surface area (Å²) in [6.07, 6.45) is 1.27. The molecule has 2 aromatic carbocycles. The van der Waals surface area contributed by atoms with Crippen LogP contribution in [0.2, 0.25) is 0 Å². The van der Waals surface area contributed by atoms with E-state index in [4.69, 9.17) is 4.52 Å². The lowest BCUT2D eigenvalue weighted by Crippen LogP contribution is -2.45. The van der Waals surface area contributed by atoms with Gasteiger partial charge in [0, 0.05) is 25.7 Å². The molecule has 0 spiro atoms. The van der Waals surface area contributed by atoms with E-state index in [1.807, 2.05) is 31.2 Å². The SMILES string of the molecule is Cc1cccc(-c2noc(CN(C)C(=O)C3CCCN(S(=O)(=O)c4ccccc4)C3)n2)c1. The molecule has 32 heavy (non-hydrogen) atoms. The molecule has 9 heteroatoms. The minimum atomic E-state index is -3.62. The molecule has 0 bridgehead atoms. The molecule has 1 aromatic heterocycles. The fourth-order valence-corrected chi connectivity index (χ4v) is 5.46. The number of hydrogen-bond acceptors (Lipinski definition) is 6. The van der Waals surface area contributed by atoms with Crippen LogP contribution < -0.4 is 0 Å². The maximum atomic E-state index is 13.0. The van der Waals surface area contributed by atoms with Crippen LogP contribution in [0.15, 0.2) is 64.0 Å². The highest BCUT2D eigenvalue weighted by Gasteiger charge is 2.34. The quantitative estimate of drug-likeness (QED) is 0.568. The highest BCUT2D eigenvalue weighted by atomic mass is 32.2. The summed E-state index contributed by atoms with van der Waals surface area (Å²) in [7, 11) is -1.95. The van der Waals surface area contributed by atoms with E-state index in [0.717, 1.165) is 11.1 Å². The van der Waals surface area contributed by atoms with Gasteiger partial charge in [0.05, 0.1) is 17.4 Å². The Labute approximate surface area is 187 Å². The van der Waals surface area contributed by atoms with Crippen LogP contribution in [-0.2, 0) is 21.4 Å². The third kappa shape index (κ3) is 4.73. The zero-order valence-electron chi connectivity index (χ0n) is 18.1. The molecule has 1 aliphatic heterocycles. The number of piperidine rings is 1. The van der Waals surface area contributed by atoms with Crippen molar-refractivity contribution in [2.45, 2.75) is 31.2 Å². The number of amides is 1. The molecule has 4 rings (SSSR count). The molecule has 1 fully saturated rings. The number of hydrogen-bond donors (Lipinski definition) is 0. The van der Waals surface area contributed by atoms with Crippen LogP contribution >= 0.6 is 0 Å². The van der Waals surface area contributed by atoms with Gasteiger partial charge in [-0.05, 0) is 38.0 Å². The van der Waals surface area contributed by atoms with E-state index < -0.39 is 15.9 Å². The number of nitrogens with zero attached hydrogens (tertiary/aromatic N) is 4. The molecule has 8 nitrogen and oxygen atoms in total. The number of aromatic nitrogens is 2. The average molecular weight is 455 g/mol. The summed E-state index contributed by atoms with van der Waals surface area (Å²) in [6.45, 7) is 2.73. The van der Waals surface area contributed by atoms with E-state index in [2.05, 4.69) is 10.1 Å². The Hall–Kier alpha value is -3.04. The first-order chi connectivity index (χ1) is 15.3. The normalized spacial score (nSPS) is 17.2. The topological polar surface area (TPSA) is 96.6 Å². The summed E-state index contributed by atoms with van der Waals surface area (Å²) >= 11 is 0. The van der Waals surface area contributed by atoms with E-state index in [-0.39, 0.29) is 23.9 Å². The van der Waals surface area contributed by atoms with Crippen LogP contribution in [0.3, 0.4) is 0 Å². The largest absolute Gasteiger partial charge is 0.337 e. The van der Waals surface area contributed by atoms with Crippen molar-refractivity contribution < 1.29 is 17.7 Å². The fraction of sp³-hybridized carbons (Fsp3) is 0.348. The molecule has 168 valence electrons. The van der Waals surface area contributed by atoms with Crippen LogP contribution in [0.1, 0.15) is 24.3 Å². The fourth-order valence-electron chi connectivity index (χ4n) is 3.92. The first-order valence-electron chi connectivity index (χ1n) is 10.5. The molecule has 3 aromatic rings. The maximum absolute atomic E-state index is 13.0. The monoisotopic (exact) mass is 454 g/mol. The summed E-state index contributed by atoms with van der Waals surface area (Å²) in [4.78, 5) is 19.2. The first kappa shape index (κ1) is 22.2. The van der Waals surface area contributed by atoms with E-state index in [1.54, 1.807) is 37.4 Å². The lowest BCUT2D eigenvalue weighted by Gasteiger charge is -2.33. The molecule has 0 radical (unpaired) electrons. The smallest absolute Gasteiger partial charge is 0.246 e. The average Bonchev–Trinajstić information content (AvgIpc) is 3.28. The predicted octanol–water partition coefficient (Wildman–Crippen LogP) is 3.10. The molecule has 1 amide bonds. The van der Waals surface area contributed by atoms with Crippen molar-refractivity contribution in [3.8, 4) is 11.4 Å². The third-order valence-electron chi connectivity index (χ3n) is 5.61. The van der Waals surface area contributed by atoms with E-state index >= 15 is 0 Å². The van der Waals surface area contributed by atoms with Crippen molar-refractivity contribution in [1.82, 2.24) is 19.3 Å². The lowest BCUT2D eigenvalue weighted by atomic mass is 9.98. The van der Waals surface area contributed by atoms with Gasteiger partial charge in [-0.25, -0.2) is 8.42 Å². The van der Waals surface area contributed by atoms with Gasteiger partial charge in [0.25, 0.3) is 0 Å². The molecular formula is C23H26N4O4S. The standard InChI is InChI=1S/C23H26N4O4S/c1-17-8-6-9-18(14-17)22-24-21(31-25-22)16-26(2)23(28)19-10-7-13-27(15-19)32(29,30)20-11-4-3-5-12-20/h3-6,8-9,11-12,14,19H,7,10,13,15-16H2,1-2H3. The predicted molar refractivity (Wildman–Crippen MR) is 119 cm³/mol. The Balaban J connectivity index is 1.42. The second kappa shape index (κ2) is 9.22. The summed E-state index contributed by atoms with van der Waals surface area (Å²) in [5, 5.41) is 4.02. The van der Waals surface area contributed by atoms with Crippen LogP contribution in [-0.4, -0.2) is 53.8 Å². The third-order valence-corrected chi connectivity index (χ3v) is 7.49. The summed E-state index contributed by atoms with van der Waals surface area (Å²) < 4.78 is 32.6. The van der Waals surface area contributed by atoms with E-state index in [1.165, 1.54) is 9.21 Å². The van der Waals surface area contributed by atoms with Gasteiger partial charge in [-0.3, -0.25) is 4.79 Å². The second-order valence-electron chi connectivity index (χ2n) is 8.09. The Morgan fingerprint density at radius 1 is 1.19 bits per heavy atom. The molecule has 1 unspecified atom stereocenters. The number of sulfonamides is 1. The molecule has 1 saturated heterocycles. The van der Waals surface area contributed by atoms with Gasteiger partial charge in [0.1, 0.15) is 0 Å². The van der Waals surface area contributed by atoms with Crippen molar-refractivity contribution in [2.24, 2.45) is 5.92 Å². The zero-order valence-corrected chi connectivity index (χ0v) is 19.0. The number of rotatable bonds is 6. The summed E-state index contributed by atoms with van der Waals surface area (Å²) in [6, 6.07) is 16.1. The Kier molecular flexibility index (Phi) is 6.38. The van der Waals surface area contributed by atoms with Crippen molar-refractivity contribution in [1.29, 1.82) is 0 Å². The molecule has 2 heterocycles. The van der Waals surface area contributed by atoms with Gasteiger partial charge in [0.15, 0.2) is 0 Å². The van der Waals surface area contributed by atoms with Gasteiger partial charge in [0.2, 0.25) is 27.6 Å². The molecule has 0 saturated carbocycles. The molecule has 1 atom stereocenters. The van der Waals surface area contributed by atoms with Gasteiger partial charge in [-0.15, -0.1) is 0 Å². The second-order valence-corrected chi connectivity index (χ2v) is 10.0. The van der Waals surface area contributed by atoms with Crippen molar-refractivity contribution in [3.05, 3.63) is 66.1 Å². The van der Waals surface area contributed by atoms with Gasteiger partial charge >= 0.3 is 0 Å². The molecule has 0 N–H and O–H groups in total. The Bertz CT molecular complexity index is 1190. The van der Waals surface area contributed by atoms with Crippen LogP contribution in [0.25, 0.3) is 11.4 Å². The lowest BCUT2D eigenvalue weighted by molar-refractivity contribution is -0.136. The molecular weight excluding hydrogens is 428 g/mol. The number of benzene rings is 2. The van der Waals surface area contributed by atoms with E-state index in [0.29, 0.717) is 31.1 Å². The maximum Gasteiger partial charge on any atom is 0.246 e. The minimum Gasteiger partial charge on any atom is -0.337 e. The Morgan fingerprint density at radius 2 is 1.97 bits per heavy atom. The van der Waals surface area contributed by atoms with Gasteiger partial charge < -0.3 is 9.42 Å². The Morgan fingerprint density at radius 3 is 2.72 bits per heavy atom. The minimum absolute atomic E-state index is 0.131. The number of carbonyl (C=O) groups excluding carboxylic acids is 1. The van der Waals surface area contributed by atoms with Crippen LogP contribution in [0.5, 0.6) is 0 Å². The van der Waals surface area contributed by atoms with Crippen molar-refractivity contribution >= 4 is 15.9 Å². The van der Waals surface area contributed by atoms with Crippen LogP contribution in [0, 0.1) is 12.8 Å². The van der Waals surface area contributed by atoms with Crippen LogP contribution in [0.4, 0.5) is 0 Å². The molecule has 0 aliphatic carbocycles. The highest BCUT2D eigenvalue weighted by molar-refractivity contribution is 7.89. The number of carbonyl (C=O) groups is 1. The zero-order chi connectivity index (χ0) is 22.7. The highest BCUT2D eigenvalue weighted by Crippen LogP contribution is 2.25. The molecule has 1 aliphatic rings. The first-order valence-corrected chi connectivity index (χ1v) is 12.0. The van der Waals surface area contributed by atoms with Crippen molar-refractivity contribution in [3.63, 3.8) is 0 Å². The summed E-state index contributed by atoms with van der Waals surface area (Å²) in [5.41, 5.74) is 1.94. The van der Waals surface area contributed by atoms with Gasteiger partial charge in [-0.2, -0.15) is 9.29 Å². The van der Waals surface area contributed by atoms with E-state index in [9.17, 15) is 13.2 Å². The van der Waals surface area contributed by atoms with Crippen molar-refractivity contribution in [2.75, 3.05) is 20.1 Å². The number of aryl methyl sites for hydroxylation is 1.